The number of hydrogen-bond donors (Lipinski definition) is 1. The second-order valence-electron chi connectivity index (χ2n) is 9.75. The van der Waals surface area contributed by atoms with Crippen LogP contribution >= 0.6 is 0 Å². The van der Waals surface area contributed by atoms with Gasteiger partial charge in [0.1, 0.15) is 17.9 Å². The van der Waals surface area contributed by atoms with E-state index in [0.29, 0.717) is 13.1 Å². The third-order valence-corrected chi connectivity index (χ3v) is 6.39. The van der Waals surface area contributed by atoms with Gasteiger partial charge >= 0.3 is 12.1 Å². The average Bonchev–Trinajstić information content (AvgIpc) is 2.91. The standard InChI is InChI=1S/C29H28F3N3O6/c1-17-6-8-20(9-7-17)27(37)35(16-25(36)34-14-18(2)40-19(3)15-34)24-11-10-21(13-22(24)28(38)39)41-26-23(29(30,31)32)5-4-12-33-26/h4-13,18-19H,14-16H2,1-3H3,(H,38,39). The van der Waals surface area contributed by atoms with Crippen molar-refractivity contribution in [3.8, 4) is 11.6 Å². The number of pyridine rings is 1. The minimum absolute atomic E-state index is 0.129. The smallest absolute Gasteiger partial charge is 0.421 e. The number of carboxylic acids is 1. The molecule has 0 radical (unpaired) electrons. The number of morpholine rings is 1. The van der Waals surface area contributed by atoms with E-state index in [9.17, 15) is 32.7 Å². The van der Waals surface area contributed by atoms with Crippen LogP contribution in [0.3, 0.4) is 0 Å². The van der Waals surface area contributed by atoms with Gasteiger partial charge in [-0.25, -0.2) is 9.78 Å². The number of nitrogens with zero attached hydrogens (tertiary/aromatic N) is 3. The van der Waals surface area contributed by atoms with Crippen LogP contribution in [0.4, 0.5) is 18.9 Å². The number of carbonyl (C=O) groups is 3. The number of amides is 2. The molecule has 4 rings (SSSR count). The highest BCUT2D eigenvalue weighted by Crippen LogP contribution is 2.37. The lowest BCUT2D eigenvalue weighted by Gasteiger charge is -2.36. The van der Waals surface area contributed by atoms with Crippen LogP contribution in [0.2, 0.25) is 0 Å². The molecule has 0 saturated carbocycles. The van der Waals surface area contributed by atoms with Crippen molar-refractivity contribution in [2.75, 3.05) is 24.5 Å². The molecule has 41 heavy (non-hydrogen) atoms. The van der Waals surface area contributed by atoms with Gasteiger partial charge in [0, 0.05) is 24.8 Å². The summed E-state index contributed by atoms with van der Waals surface area (Å²) < 4.78 is 51.3. The maximum Gasteiger partial charge on any atom is 0.421 e. The molecule has 0 spiro atoms. The predicted molar refractivity (Wildman–Crippen MR) is 142 cm³/mol. The number of anilines is 1. The fourth-order valence-electron chi connectivity index (χ4n) is 4.52. The number of aryl methyl sites for hydroxylation is 1. The molecule has 2 unspecified atom stereocenters. The predicted octanol–water partition coefficient (Wildman–Crippen LogP) is 5.18. The molecule has 2 amide bonds. The van der Waals surface area contributed by atoms with Crippen molar-refractivity contribution in [1.29, 1.82) is 0 Å². The number of rotatable bonds is 7. The number of aromatic nitrogens is 1. The molecule has 1 aliphatic heterocycles. The van der Waals surface area contributed by atoms with Gasteiger partial charge in [0.05, 0.1) is 23.5 Å². The summed E-state index contributed by atoms with van der Waals surface area (Å²) in [6, 6.07) is 11.9. The molecule has 1 aromatic heterocycles. The Kier molecular flexibility index (Phi) is 8.62. The summed E-state index contributed by atoms with van der Waals surface area (Å²) >= 11 is 0. The number of alkyl halides is 3. The van der Waals surface area contributed by atoms with Crippen molar-refractivity contribution in [3.63, 3.8) is 0 Å². The van der Waals surface area contributed by atoms with Crippen LogP contribution in [0.5, 0.6) is 11.6 Å². The van der Waals surface area contributed by atoms with Crippen molar-refractivity contribution >= 4 is 23.5 Å². The fraction of sp³-hybridized carbons (Fsp3) is 0.310. The zero-order valence-electron chi connectivity index (χ0n) is 22.5. The van der Waals surface area contributed by atoms with Gasteiger partial charge in [-0.3, -0.25) is 14.5 Å². The molecule has 12 heteroatoms. The van der Waals surface area contributed by atoms with E-state index in [1.807, 2.05) is 20.8 Å². The maximum absolute atomic E-state index is 13.7. The zero-order valence-corrected chi connectivity index (χ0v) is 22.5. The molecule has 3 aromatic rings. The Morgan fingerprint density at radius 1 is 1.07 bits per heavy atom. The van der Waals surface area contributed by atoms with E-state index in [2.05, 4.69) is 4.98 Å². The minimum Gasteiger partial charge on any atom is -0.478 e. The minimum atomic E-state index is -4.76. The fourth-order valence-corrected chi connectivity index (χ4v) is 4.52. The van der Waals surface area contributed by atoms with E-state index < -0.39 is 47.5 Å². The van der Waals surface area contributed by atoms with Gasteiger partial charge in [0.2, 0.25) is 11.8 Å². The normalized spacial score (nSPS) is 17.2. The van der Waals surface area contributed by atoms with Crippen molar-refractivity contribution in [2.45, 2.75) is 39.2 Å². The third kappa shape index (κ3) is 7.01. The van der Waals surface area contributed by atoms with Gasteiger partial charge in [-0.2, -0.15) is 13.2 Å². The summed E-state index contributed by atoms with van der Waals surface area (Å²) in [6.45, 7) is 5.57. The molecule has 0 bridgehead atoms. The lowest BCUT2D eigenvalue weighted by molar-refractivity contribution is -0.141. The average molecular weight is 572 g/mol. The van der Waals surface area contributed by atoms with Crippen molar-refractivity contribution in [2.24, 2.45) is 0 Å². The molecule has 2 atom stereocenters. The first-order valence-corrected chi connectivity index (χ1v) is 12.7. The van der Waals surface area contributed by atoms with Gasteiger partial charge < -0.3 is 19.5 Å². The second kappa shape index (κ2) is 12.0. The highest BCUT2D eigenvalue weighted by molar-refractivity contribution is 6.11. The number of aromatic carboxylic acids is 1. The zero-order chi connectivity index (χ0) is 29.9. The Hall–Kier alpha value is -4.45. The van der Waals surface area contributed by atoms with Gasteiger partial charge in [0.15, 0.2) is 0 Å². The van der Waals surface area contributed by atoms with Gasteiger partial charge in [0.25, 0.3) is 5.91 Å². The first kappa shape index (κ1) is 29.5. The Morgan fingerprint density at radius 2 is 1.73 bits per heavy atom. The number of carboxylic acid groups (broad SMARTS) is 1. The summed E-state index contributed by atoms with van der Waals surface area (Å²) in [4.78, 5) is 45.6. The second-order valence-corrected chi connectivity index (χ2v) is 9.75. The Balaban J connectivity index is 1.73. The Morgan fingerprint density at radius 3 is 2.34 bits per heavy atom. The van der Waals surface area contributed by atoms with E-state index in [0.717, 1.165) is 34.9 Å². The molecule has 1 saturated heterocycles. The summed E-state index contributed by atoms with van der Waals surface area (Å²) in [5, 5.41) is 10.0. The highest BCUT2D eigenvalue weighted by atomic mass is 19.4. The number of halogens is 3. The molecule has 9 nitrogen and oxygen atoms in total. The van der Waals surface area contributed by atoms with Crippen LogP contribution in [0.25, 0.3) is 0 Å². The molecule has 2 aromatic carbocycles. The lowest BCUT2D eigenvalue weighted by atomic mass is 10.1. The largest absolute Gasteiger partial charge is 0.478 e. The summed E-state index contributed by atoms with van der Waals surface area (Å²) in [6.07, 6.45) is -4.12. The highest BCUT2D eigenvalue weighted by Gasteiger charge is 2.36. The van der Waals surface area contributed by atoms with Crippen LogP contribution in [0.15, 0.2) is 60.8 Å². The van der Waals surface area contributed by atoms with E-state index in [4.69, 9.17) is 9.47 Å². The van der Waals surface area contributed by atoms with Gasteiger partial charge in [-0.15, -0.1) is 0 Å². The van der Waals surface area contributed by atoms with E-state index >= 15 is 0 Å². The molecule has 1 fully saturated rings. The molecular weight excluding hydrogens is 543 g/mol. The quantitative estimate of drug-likeness (QED) is 0.416. The van der Waals surface area contributed by atoms with Crippen LogP contribution in [0.1, 0.15) is 45.7 Å². The van der Waals surface area contributed by atoms with Gasteiger partial charge in [-0.1, -0.05) is 17.7 Å². The molecule has 1 aliphatic rings. The Labute approximate surface area is 234 Å². The first-order valence-electron chi connectivity index (χ1n) is 12.7. The maximum atomic E-state index is 13.7. The molecule has 1 N–H and O–H groups in total. The molecule has 216 valence electrons. The topological polar surface area (TPSA) is 109 Å². The van der Waals surface area contributed by atoms with Crippen LogP contribution in [0, 0.1) is 6.92 Å². The number of hydrogen-bond acceptors (Lipinski definition) is 6. The lowest BCUT2D eigenvalue weighted by Crippen LogP contribution is -2.52. The summed E-state index contributed by atoms with van der Waals surface area (Å²) in [7, 11) is 0. The van der Waals surface area contributed by atoms with Crippen LogP contribution in [-0.4, -0.2) is 64.6 Å². The SMILES string of the molecule is Cc1ccc(C(=O)N(CC(=O)N2CC(C)OC(C)C2)c2ccc(Oc3ncccc3C(F)(F)F)cc2C(=O)O)cc1. The van der Waals surface area contributed by atoms with E-state index in [1.54, 1.807) is 29.2 Å². The van der Waals surface area contributed by atoms with E-state index in [1.165, 1.54) is 12.1 Å². The number of carbonyl (C=O) groups excluding carboxylic acids is 2. The van der Waals surface area contributed by atoms with Gasteiger partial charge in [-0.05, 0) is 63.2 Å². The van der Waals surface area contributed by atoms with E-state index in [-0.39, 0.29) is 29.2 Å². The van der Waals surface area contributed by atoms with Crippen molar-refractivity contribution < 1.29 is 42.1 Å². The molecular formula is C29H28F3N3O6. The van der Waals surface area contributed by atoms with Crippen LogP contribution < -0.4 is 9.64 Å². The number of ether oxygens (including phenoxy) is 2. The number of benzene rings is 2. The molecule has 2 heterocycles. The first-order chi connectivity index (χ1) is 19.3. The summed E-state index contributed by atoms with van der Waals surface area (Å²) in [5.41, 5.74) is -0.621. The summed E-state index contributed by atoms with van der Waals surface area (Å²) in [5.74, 6) is -3.55. The monoisotopic (exact) mass is 571 g/mol. The van der Waals surface area contributed by atoms with Crippen molar-refractivity contribution in [1.82, 2.24) is 9.88 Å². The third-order valence-electron chi connectivity index (χ3n) is 6.39. The van der Waals surface area contributed by atoms with Crippen LogP contribution in [-0.2, 0) is 15.7 Å². The van der Waals surface area contributed by atoms with Crippen molar-refractivity contribution in [3.05, 3.63) is 83.0 Å². The Bertz CT molecular complexity index is 1430. The molecule has 0 aliphatic carbocycles.